The quantitative estimate of drug-likeness (QED) is 0.848. The van der Waals surface area contributed by atoms with E-state index in [0.29, 0.717) is 10.4 Å². The van der Waals surface area contributed by atoms with Crippen LogP contribution in [-0.4, -0.2) is 16.1 Å². The highest BCUT2D eigenvalue weighted by Crippen LogP contribution is 2.28. The number of aromatic carboxylic acids is 1. The van der Waals surface area contributed by atoms with Gasteiger partial charge in [0.05, 0.1) is 5.69 Å². The highest BCUT2D eigenvalue weighted by atomic mass is 79.9. The van der Waals surface area contributed by atoms with Gasteiger partial charge in [-0.1, -0.05) is 15.9 Å². The molecule has 1 N–H and O–H groups in total. The molecule has 0 atom stereocenters. The Kier molecular flexibility index (Phi) is 4.21. The molecule has 6 heteroatoms. The average Bonchev–Trinajstić information content (AvgIpc) is 2.36. The molecule has 0 radical (unpaired) electrons. The molecular weight excluding hydrogens is 378 g/mol. The second-order valence-electron chi connectivity index (χ2n) is 3.76. The Bertz CT molecular complexity index is 644. The lowest BCUT2D eigenvalue weighted by molar-refractivity contribution is 0.0694. The van der Waals surface area contributed by atoms with Crippen LogP contribution in [0.5, 0.6) is 11.6 Å². The number of aryl methyl sites for hydroxylation is 1. The van der Waals surface area contributed by atoms with Crippen molar-refractivity contribution in [1.82, 2.24) is 4.98 Å². The van der Waals surface area contributed by atoms with Crippen molar-refractivity contribution in [2.24, 2.45) is 0 Å². The van der Waals surface area contributed by atoms with Crippen molar-refractivity contribution in [2.75, 3.05) is 0 Å². The van der Waals surface area contributed by atoms with Gasteiger partial charge in [-0.25, -0.2) is 9.78 Å². The summed E-state index contributed by atoms with van der Waals surface area (Å²) in [5.41, 5.74) is 0.850. The second kappa shape index (κ2) is 5.71. The SMILES string of the molecule is Cc1nc(Oc2ccc(Br)cc2C(=O)O)ccc1Br. The Hall–Kier alpha value is -1.40. The lowest BCUT2D eigenvalue weighted by Gasteiger charge is -2.09. The minimum atomic E-state index is -1.05. The van der Waals surface area contributed by atoms with Crippen LogP contribution >= 0.6 is 31.9 Å². The third kappa shape index (κ3) is 3.33. The smallest absolute Gasteiger partial charge is 0.339 e. The predicted molar refractivity (Wildman–Crippen MR) is 77.8 cm³/mol. The Labute approximate surface area is 126 Å². The summed E-state index contributed by atoms with van der Waals surface area (Å²) in [4.78, 5) is 15.4. The molecule has 0 aliphatic rings. The van der Waals surface area contributed by atoms with Gasteiger partial charge < -0.3 is 9.84 Å². The number of benzene rings is 1. The summed E-state index contributed by atoms with van der Waals surface area (Å²) >= 11 is 6.57. The summed E-state index contributed by atoms with van der Waals surface area (Å²) in [6.45, 7) is 1.83. The number of carboxylic acids is 1. The third-order valence-corrected chi connectivity index (χ3v) is 3.71. The topological polar surface area (TPSA) is 59.4 Å². The molecule has 2 aromatic rings. The summed E-state index contributed by atoms with van der Waals surface area (Å²) in [5.74, 6) is -0.444. The van der Waals surface area contributed by atoms with E-state index >= 15 is 0 Å². The lowest BCUT2D eigenvalue weighted by Crippen LogP contribution is -2.01. The maximum Gasteiger partial charge on any atom is 0.339 e. The van der Waals surface area contributed by atoms with Crippen LogP contribution in [0.25, 0.3) is 0 Å². The molecule has 0 aliphatic carbocycles. The molecule has 4 nitrogen and oxygen atoms in total. The molecule has 98 valence electrons. The van der Waals surface area contributed by atoms with Crippen molar-refractivity contribution in [3.05, 3.63) is 50.5 Å². The van der Waals surface area contributed by atoms with Crippen LogP contribution in [0.3, 0.4) is 0 Å². The highest BCUT2D eigenvalue weighted by Gasteiger charge is 2.13. The highest BCUT2D eigenvalue weighted by molar-refractivity contribution is 9.10. The van der Waals surface area contributed by atoms with E-state index in [9.17, 15) is 4.79 Å². The summed E-state index contributed by atoms with van der Waals surface area (Å²) in [5, 5.41) is 9.14. The van der Waals surface area contributed by atoms with Gasteiger partial charge in [0.2, 0.25) is 5.88 Å². The van der Waals surface area contributed by atoms with Gasteiger partial charge in [-0.2, -0.15) is 0 Å². The van der Waals surface area contributed by atoms with Crippen LogP contribution in [0.4, 0.5) is 0 Å². The van der Waals surface area contributed by atoms with E-state index in [1.807, 2.05) is 6.92 Å². The van der Waals surface area contributed by atoms with Gasteiger partial charge in [0.15, 0.2) is 0 Å². The zero-order valence-electron chi connectivity index (χ0n) is 9.85. The summed E-state index contributed by atoms with van der Waals surface area (Å²) in [6, 6.07) is 8.27. The minimum Gasteiger partial charge on any atom is -0.478 e. The molecule has 19 heavy (non-hydrogen) atoms. The summed E-state index contributed by atoms with van der Waals surface area (Å²) in [6.07, 6.45) is 0. The number of ether oxygens (including phenoxy) is 1. The number of halogens is 2. The molecule has 1 aromatic heterocycles. The van der Waals surface area contributed by atoms with Crippen molar-refractivity contribution in [3.8, 4) is 11.6 Å². The van der Waals surface area contributed by atoms with E-state index in [2.05, 4.69) is 36.8 Å². The van der Waals surface area contributed by atoms with Crippen LogP contribution < -0.4 is 4.74 Å². The molecule has 0 unspecified atom stereocenters. The van der Waals surface area contributed by atoms with Crippen LogP contribution in [0.1, 0.15) is 16.1 Å². The number of pyridine rings is 1. The maximum absolute atomic E-state index is 11.2. The number of hydrogen-bond acceptors (Lipinski definition) is 3. The van der Waals surface area contributed by atoms with Gasteiger partial charge in [-0.3, -0.25) is 0 Å². The number of carbonyl (C=O) groups is 1. The molecule has 1 aromatic carbocycles. The molecule has 0 spiro atoms. The molecule has 0 saturated heterocycles. The van der Waals surface area contributed by atoms with Crippen molar-refractivity contribution in [2.45, 2.75) is 6.92 Å². The van der Waals surface area contributed by atoms with E-state index in [1.165, 1.54) is 6.07 Å². The largest absolute Gasteiger partial charge is 0.478 e. The van der Waals surface area contributed by atoms with E-state index in [4.69, 9.17) is 9.84 Å². The van der Waals surface area contributed by atoms with Gasteiger partial charge >= 0.3 is 5.97 Å². The first-order chi connectivity index (χ1) is 8.97. The number of rotatable bonds is 3. The van der Waals surface area contributed by atoms with Crippen LogP contribution in [0, 0.1) is 6.92 Å². The number of hydrogen-bond donors (Lipinski definition) is 1. The van der Waals surface area contributed by atoms with E-state index in [-0.39, 0.29) is 11.3 Å². The van der Waals surface area contributed by atoms with E-state index in [1.54, 1.807) is 24.3 Å². The Balaban J connectivity index is 2.37. The van der Waals surface area contributed by atoms with Gasteiger partial charge in [-0.05, 0) is 47.1 Å². The minimum absolute atomic E-state index is 0.0803. The average molecular weight is 387 g/mol. The zero-order valence-corrected chi connectivity index (χ0v) is 13.0. The molecule has 0 aliphatic heterocycles. The first-order valence-electron chi connectivity index (χ1n) is 5.31. The van der Waals surface area contributed by atoms with Crippen molar-refractivity contribution < 1.29 is 14.6 Å². The normalized spacial score (nSPS) is 10.3. The fourth-order valence-corrected chi connectivity index (χ4v) is 2.03. The first kappa shape index (κ1) is 14.0. The Morgan fingerprint density at radius 1 is 1.26 bits per heavy atom. The van der Waals surface area contributed by atoms with Gasteiger partial charge in [0, 0.05) is 15.0 Å². The van der Waals surface area contributed by atoms with Gasteiger partial charge in [0.1, 0.15) is 11.3 Å². The fourth-order valence-electron chi connectivity index (χ4n) is 1.45. The molecule has 2 rings (SSSR count). The van der Waals surface area contributed by atoms with E-state index in [0.717, 1.165) is 10.2 Å². The molecule has 0 fully saturated rings. The monoisotopic (exact) mass is 385 g/mol. The number of carboxylic acid groups (broad SMARTS) is 1. The van der Waals surface area contributed by atoms with E-state index < -0.39 is 5.97 Å². The van der Waals surface area contributed by atoms with Gasteiger partial charge in [0.25, 0.3) is 0 Å². The summed E-state index contributed by atoms with van der Waals surface area (Å²) < 4.78 is 7.08. The zero-order chi connectivity index (χ0) is 14.0. The predicted octanol–water partition coefficient (Wildman–Crippen LogP) is 4.41. The Morgan fingerprint density at radius 2 is 2.00 bits per heavy atom. The lowest BCUT2D eigenvalue weighted by atomic mass is 10.2. The standard InChI is InChI=1S/C13H9Br2NO3/c1-7-10(15)3-5-12(16-7)19-11-4-2-8(14)6-9(11)13(17)18/h2-6H,1H3,(H,17,18). The molecule has 0 bridgehead atoms. The van der Waals surface area contributed by atoms with Crippen molar-refractivity contribution in [1.29, 1.82) is 0 Å². The molecule has 0 saturated carbocycles. The summed E-state index contributed by atoms with van der Waals surface area (Å²) in [7, 11) is 0. The Morgan fingerprint density at radius 3 is 2.63 bits per heavy atom. The second-order valence-corrected chi connectivity index (χ2v) is 5.53. The number of nitrogens with zero attached hydrogens (tertiary/aromatic N) is 1. The fraction of sp³-hybridized carbons (Fsp3) is 0.0769. The van der Waals surface area contributed by atoms with Crippen molar-refractivity contribution in [3.63, 3.8) is 0 Å². The van der Waals surface area contributed by atoms with Crippen LogP contribution in [0.2, 0.25) is 0 Å². The molecular formula is C13H9Br2NO3. The first-order valence-corrected chi connectivity index (χ1v) is 6.90. The van der Waals surface area contributed by atoms with Crippen molar-refractivity contribution >= 4 is 37.8 Å². The third-order valence-electron chi connectivity index (χ3n) is 2.38. The number of aromatic nitrogens is 1. The van der Waals surface area contributed by atoms with Gasteiger partial charge in [-0.15, -0.1) is 0 Å². The molecule has 0 amide bonds. The van der Waals surface area contributed by atoms with Crippen LogP contribution in [-0.2, 0) is 0 Å². The maximum atomic E-state index is 11.2. The van der Waals surface area contributed by atoms with Crippen LogP contribution in [0.15, 0.2) is 39.3 Å². The molecule has 1 heterocycles.